The van der Waals surface area contributed by atoms with Crippen LogP contribution in [0.15, 0.2) is 41.5 Å². The molecule has 0 saturated heterocycles. The molecule has 2 unspecified atom stereocenters. The number of nitrogens with one attached hydrogen (secondary N) is 2. The number of hydrogen-bond donors (Lipinski definition) is 3. The van der Waals surface area contributed by atoms with Gasteiger partial charge in [0.15, 0.2) is 0 Å². The van der Waals surface area contributed by atoms with Crippen LogP contribution >= 0.6 is 0 Å². The summed E-state index contributed by atoms with van der Waals surface area (Å²) in [6.45, 7) is 0.0351. The molecule has 0 fully saturated rings. The van der Waals surface area contributed by atoms with Gasteiger partial charge in [0, 0.05) is 30.2 Å². The molecular weight excluding hydrogens is 392 g/mol. The highest BCUT2D eigenvalue weighted by molar-refractivity contribution is 5.97. The normalized spacial score (nSPS) is 17.9. The molecule has 0 aliphatic carbocycles. The third kappa shape index (κ3) is 2.68. The van der Waals surface area contributed by atoms with E-state index in [-0.39, 0.29) is 11.9 Å². The van der Waals surface area contributed by atoms with Crippen LogP contribution in [0.25, 0.3) is 10.8 Å². The van der Waals surface area contributed by atoms with E-state index < -0.39 is 29.2 Å². The number of aryl methyl sites for hydroxylation is 1. The van der Waals surface area contributed by atoms with Crippen LogP contribution in [0.4, 0.5) is 14.5 Å². The monoisotopic (exact) mass is 409 g/mol. The van der Waals surface area contributed by atoms with Crippen LogP contribution in [0.2, 0.25) is 0 Å². The van der Waals surface area contributed by atoms with Crippen molar-refractivity contribution in [2.45, 2.75) is 18.5 Å². The maximum absolute atomic E-state index is 14.2. The van der Waals surface area contributed by atoms with Crippen molar-refractivity contribution in [3.05, 3.63) is 81.3 Å². The minimum absolute atomic E-state index is 0.0351. The zero-order valence-corrected chi connectivity index (χ0v) is 15.9. The highest BCUT2D eigenvalue weighted by Crippen LogP contribution is 2.46. The molecule has 3 heterocycles. The summed E-state index contributed by atoms with van der Waals surface area (Å²) in [7, 11) is 1.75. The summed E-state index contributed by atoms with van der Waals surface area (Å²) in [6, 6.07) is 6.69. The Bertz CT molecular complexity index is 1350. The zero-order chi connectivity index (χ0) is 21.0. The van der Waals surface area contributed by atoms with E-state index in [2.05, 4.69) is 25.6 Å². The van der Waals surface area contributed by atoms with E-state index in [9.17, 15) is 13.6 Å². The van der Waals surface area contributed by atoms with Crippen LogP contribution in [0, 0.1) is 11.6 Å². The lowest BCUT2D eigenvalue weighted by atomic mass is 9.83. The first-order valence-corrected chi connectivity index (χ1v) is 9.28. The molecule has 8 nitrogen and oxygen atoms in total. The van der Waals surface area contributed by atoms with Crippen LogP contribution < -0.4 is 16.6 Å². The van der Waals surface area contributed by atoms with Gasteiger partial charge in [0.25, 0.3) is 5.56 Å². The lowest BCUT2D eigenvalue weighted by molar-refractivity contribution is 0.560. The lowest BCUT2D eigenvalue weighted by Gasteiger charge is -2.34. The van der Waals surface area contributed by atoms with Crippen molar-refractivity contribution in [1.82, 2.24) is 25.0 Å². The van der Waals surface area contributed by atoms with Crippen molar-refractivity contribution in [2.24, 2.45) is 12.8 Å². The maximum atomic E-state index is 14.2. The molecule has 30 heavy (non-hydrogen) atoms. The smallest absolute Gasteiger partial charge is 0.272 e. The number of benzene rings is 2. The molecule has 10 heteroatoms. The van der Waals surface area contributed by atoms with Crippen molar-refractivity contribution in [3.63, 3.8) is 0 Å². The van der Waals surface area contributed by atoms with Crippen molar-refractivity contribution < 1.29 is 8.78 Å². The van der Waals surface area contributed by atoms with E-state index >= 15 is 0 Å². The Morgan fingerprint density at radius 1 is 1.23 bits per heavy atom. The quantitative estimate of drug-likeness (QED) is 0.477. The largest absolute Gasteiger partial charge is 0.376 e. The molecule has 0 spiro atoms. The van der Waals surface area contributed by atoms with E-state index in [1.165, 1.54) is 24.5 Å². The number of aromatic nitrogens is 5. The molecule has 4 aromatic rings. The summed E-state index contributed by atoms with van der Waals surface area (Å²) in [6.07, 6.45) is 1.42. The highest BCUT2D eigenvalue weighted by Gasteiger charge is 2.38. The second-order valence-electron chi connectivity index (χ2n) is 7.21. The van der Waals surface area contributed by atoms with Gasteiger partial charge in [-0.05, 0) is 29.8 Å². The Morgan fingerprint density at radius 3 is 2.80 bits per heavy atom. The molecule has 2 aromatic heterocycles. The van der Waals surface area contributed by atoms with Crippen LogP contribution in [0.5, 0.6) is 0 Å². The van der Waals surface area contributed by atoms with E-state index in [1.807, 2.05) is 0 Å². The summed E-state index contributed by atoms with van der Waals surface area (Å²) in [4.78, 5) is 16.7. The second-order valence-corrected chi connectivity index (χ2v) is 7.21. The van der Waals surface area contributed by atoms with Gasteiger partial charge in [-0.25, -0.2) is 18.9 Å². The third-order valence-corrected chi connectivity index (χ3v) is 5.49. The van der Waals surface area contributed by atoms with Gasteiger partial charge in [0.1, 0.15) is 23.8 Å². The average Bonchev–Trinajstić information content (AvgIpc) is 3.15. The number of halogens is 2. The summed E-state index contributed by atoms with van der Waals surface area (Å²) in [5.74, 6) is -0.846. The van der Waals surface area contributed by atoms with E-state index in [0.29, 0.717) is 28.2 Å². The van der Waals surface area contributed by atoms with Crippen LogP contribution in [0.1, 0.15) is 34.6 Å². The molecule has 0 amide bonds. The maximum Gasteiger partial charge on any atom is 0.272 e. The van der Waals surface area contributed by atoms with Gasteiger partial charge in [0.05, 0.1) is 23.0 Å². The second kappa shape index (κ2) is 6.70. The van der Waals surface area contributed by atoms with Crippen molar-refractivity contribution in [2.75, 3.05) is 5.32 Å². The Hall–Kier alpha value is -3.66. The molecule has 2 atom stereocenters. The fraction of sp³-hybridized carbons (Fsp3) is 0.200. The topological polar surface area (TPSA) is 115 Å². The van der Waals surface area contributed by atoms with Gasteiger partial charge in [0.2, 0.25) is 0 Å². The highest BCUT2D eigenvalue weighted by atomic mass is 19.1. The first-order valence-electron chi connectivity index (χ1n) is 9.28. The summed E-state index contributed by atoms with van der Waals surface area (Å²) >= 11 is 0. The number of H-pyrrole nitrogens is 1. The summed E-state index contributed by atoms with van der Waals surface area (Å²) < 4.78 is 29.9. The Balaban J connectivity index is 1.81. The standard InChI is InChI=1S/C20H17F2N7O/c1-29-19(24-8-25-29)16-17(9-2-3-13(22)10(4-9)7-23)26-14-6-11(21)5-12-15(14)18(16)27-28-20(12)30/h2-6,8,16-17,26H,7,23H2,1H3,(H,28,30). The van der Waals surface area contributed by atoms with Gasteiger partial charge in [-0.3, -0.25) is 9.48 Å². The van der Waals surface area contributed by atoms with Crippen LogP contribution in [-0.4, -0.2) is 25.0 Å². The van der Waals surface area contributed by atoms with Gasteiger partial charge >= 0.3 is 0 Å². The van der Waals surface area contributed by atoms with Crippen molar-refractivity contribution in [1.29, 1.82) is 0 Å². The molecule has 1 aliphatic heterocycles. The molecule has 4 N–H and O–H groups in total. The number of hydrogen-bond acceptors (Lipinski definition) is 6. The summed E-state index contributed by atoms with van der Waals surface area (Å²) in [5.41, 5.74) is 7.24. The van der Waals surface area contributed by atoms with Crippen LogP contribution in [0.3, 0.4) is 0 Å². The Kier molecular flexibility index (Phi) is 4.10. The van der Waals surface area contributed by atoms with E-state index in [4.69, 9.17) is 5.73 Å². The lowest BCUT2D eigenvalue weighted by Crippen LogP contribution is -2.30. The number of rotatable bonds is 3. The van der Waals surface area contributed by atoms with E-state index in [0.717, 1.165) is 5.56 Å². The Morgan fingerprint density at radius 2 is 2.07 bits per heavy atom. The first kappa shape index (κ1) is 18.4. The van der Waals surface area contributed by atoms with Gasteiger partial charge in [-0.1, -0.05) is 6.07 Å². The fourth-order valence-electron chi connectivity index (χ4n) is 4.12. The minimum atomic E-state index is -0.551. The third-order valence-electron chi connectivity index (χ3n) is 5.49. The van der Waals surface area contributed by atoms with Crippen molar-refractivity contribution >= 4 is 16.5 Å². The Labute approximate surface area is 168 Å². The molecule has 5 rings (SSSR count). The van der Waals surface area contributed by atoms with Gasteiger partial charge < -0.3 is 11.1 Å². The number of nitrogens with two attached hydrogens (primary N) is 1. The molecule has 152 valence electrons. The SMILES string of the molecule is Cn1ncnc1C1c2n[nH]c(=O)c3cc(F)cc(c23)NC1c1ccc(F)c(CN)c1. The number of nitrogens with zero attached hydrogens (tertiary/aromatic N) is 4. The first-order chi connectivity index (χ1) is 14.5. The summed E-state index contributed by atoms with van der Waals surface area (Å²) in [5, 5.41) is 14.9. The predicted octanol–water partition coefficient (Wildman–Crippen LogP) is 2.09. The van der Waals surface area contributed by atoms with Crippen LogP contribution in [-0.2, 0) is 13.6 Å². The molecule has 1 aliphatic rings. The number of aromatic amines is 1. The van der Waals surface area contributed by atoms with Crippen molar-refractivity contribution in [3.8, 4) is 0 Å². The molecular formula is C20H17F2N7O. The van der Waals surface area contributed by atoms with Gasteiger partial charge in [-0.2, -0.15) is 10.2 Å². The average molecular weight is 409 g/mol. The molecule has 0 radical (unpaired) electrons. The van der Waals surface area contributed by atoms with E-state index in [1.54, 1.807) is 23.9 Å². The molecule has 0 bridgehead atoms. The molecule has 0 saturated carbocycles. The fourth-order valence-corrected chi connectivity index (χ4v) is 4.12. The zero-order valence-electron chi connectivity index (χ0n) is 15.9. The molecule has 2 aromatic carbocycles. The minimum Gasteiger partial charge on any atom is -0.376 e. The number of anilines is 1. The van der Waals surface area contributed by atoms with Gasteiger partial charge in [-0.15, -0.1) is 0 Å². The predicted molar refractivity (Wildman–Crippen MR) is 106 cm³/mol.